The van der Waals surface area contributed by atoms with Gasteiger partial charge in [0.2, 0.25) is 5.91 Å². The van der Waals surface area contributed by atoms with Crippen LogP contribution in [0, 0.1) is 17.6 Å². The summed E-state index contributed by atoms with van der Waals surface area (Å²) in [5.41, 5.74) is 1.21. The largest absolute Gasteiger partial charge is 0.340 e. The zero-order chi connectivity index (χ0) is 20.4. The molecule has 1 aliphatic carbocycles. The molecule has 2 aliphatic rings. The van der Waals surface area contributed by atoms with E-state index >= 15 is 0 Å². The molecule has 0 bridgehead atoms. The van der Waals surface area contributed by atoms with Crippen molar-refractivity contribution in [2.45, 2.75) is 51.0 Å². The van der Waals surface area contributed by atoms with Gasteiger partial charge in [0, 0.05) is 42.8 Å². The van der Waals surface area contributed by atoms with Crippen molar-refractivity contribution >= 4 is 11.7 Å². The molecule has 1 saturated heterocycles. The molecule has 5 nitrogen and oxygen atoms in total. The summed E-state index contributed by atoms with van der Waals surface area (Å²) >= 11 is 0. The molecule has 4 rings (SSSR count). The van der Waals surface area contributed by atoms with Gasteiger partial charge in [0.05, 0.1) is 24.0 Å². The summed E-state index contributed by atoms with van der Waals surface area (Å²) in [6.45, 7) is 0.846. The number of halogens is 2. The van der Waals surface area contributed by atoms with Crippen molar-refractivity contribution in [3.8, 4) is 11.3 Å². The molecule has 1 saturated carbocycles. The van der Waals surface area contributed by atoms with Gasteiger partial charge < -0.3 is 4.90 Å². The molecule has 2 fully saturated rings. The van der Waals surface area contributed by atoms with Crippen LogP contribution in [-0.2, 0) is 16.0 Å². The van der Waals surface area contributed by atoms with Gasteiger partial charge in [-0.25, -0.2) is 8.78 Å². The van der Waals surface area contributed by atoms with Gasteiger partial charge in [-0.2, -0.15) is 0 Å². The third-order valence-corrected chi connectivity index (χ3v) is 5.92. The highest BCUT2D eigenvalue weighted by Crippen LogP contribution is 2.31. The summed E-state index contributed by atoms with van der Waals surface area (Å²) in [7, 11) is 0. The quantitative estimate of drug-likeness (QED) is 0.769. The van der Waals surface area contributed by atoms with Gasteiger partial charge >= 0.3 is 0 Å². The molecular weight excluding hydrogens is 376 g/mol. The number of amides is 1. The minimum atomic E-state index is -0.674. The molecule has 1 aromatic carbocycles. The van der Waals surface area contributed by atoms with Crippen molar-refractivity contribution < 1.29 is 18.4 Å². The van der Waals surface area contributed by atoms with Crippen molar-refractivity contribution in [3.05, 3.63) is 47.9 Å². The van der Waals surface area contributed by atoms with Crippen molar-refractivity contribution in [1.29, 1.82) is 0 Å². The van der Waals surface area contributed by atoms with Crippen molar-refractivity contribution in [2.75, 3.05) is 6.54 Å². The van der Waals surface area contributed by atoms with Crippen LogP contribution in [0.2, 0.25) is 0 Å². The van der Waals surface area contributed by atoms with E-state index in [4.69, 9.17) is 0 Å². The second kappa shape index (κ2) is 8.35. The lowest BCUT2D eigenvalue weighted by molar-refractivity contribution is -0.130. The van der Waals surface area contributed by atoms with E-state index in [1.54, 1.807) is 0 Å². The second-order valence-corrected chi connectivity index (χ2v) is 7.89. The minimum Gasteiger partial charge on any atom is -0.340 e. The zero-order valence-electron chi connectivity index (χ0n) is 16.1. The second-order valence-electron chi connectivity index (χ2n) is 7.89. The summed E-state index contributed by atoms with van der Waals surface area (Å²) in [4.78, 5) is 35.0. The van der Waals surface area contributed by atoms with E-state index in [9.17, 15) is 18.4 Å². The number of carbonyl (C=O) groups excluding carboxylic acids is 2. The molecule has 1 aliphatic heterocycles. The van der Waals surface area contributed by atoms with Crippen LogP contribution >= 0.6 is 0 Å². The zero-order valence-corrected chi connectivity index (χ0v) is 16.1. The van der Waals surface area contributed by atoms with E-state index < -0.39 is 11.6 Å². The average molecular weight is 399 g/mol. The highest BCUT2D eigenvalue weighted by Gasteiger charge is 2.33. The van der Waals surface area contributed by atoms with E-state index in [2.05, 4.69) is 9.97 Å². The number of carbonyl (C=O) groups is 2. The van der Waals surface area contributed by atoms with E-state index in [-0.39, 0.29) is 30.1 Å². The van der Waals surface area contributed by atoms with E-state index in [0.29, 0.717) is 23.4 Å². The highest BCUT2D eigenvalue weighted by molar-refractivity contribution is 5.83. The summed E-state index contributed by atoms with van der Waals surface area (Å²) < 4.78 is 26.7. The lowest BCUT2D eigenvalue weighted by atomic mass is 9.82. The number of rotatable bonds is 5. The number of hydrogen-bond acceptors (Lipinski definition) is 4. The Labute approximate surface area is 168 Å². The molecule has 1 amide bonds. The summed E-state index contributed by atoms with van der Waals surface area (Å²) in [5.74, 6) is -0.981. The summed E-state index contributed by atoms with van der Waals surface area (Å²) in [6, 6.07) is 3.47. The van der Waals surface area contributed by atoms with Crippen molar-refractivity contribution in [3.63, 3.8) is 0 Å². The normalized spacial score (nSPS) is 22.1. The fourth-order valence-electron chi connectivity index (χ4n) is 4.38. The first kappa shape index (κ1) is 19.6. The molecule has 0 spiro atoms. The van der Waals surface area contributed by atoms with Crippen LogP contribution in [0.3, 0.4) is 0 Å². The lowest BCUT2D eigenvalue weighted by Gasteiger charge is -2.34. The Kier molecular flexibility index (Phi) is 5.65. The van der Waals surface area contributed by atoms with Crippen molar-refractivity contribution in [2.24, 2.45) is 5.92 Å². The van der Waals surface area contributed by atoms with Gasteiger partial charge in [-0.15, -0.1) is 0 Å². The van der Waals surface area contributed by atoms with E-state index in [1.807, 2.05) is 4.90 Å². The van der Waals surface area contributed by atoms with Crippen LogP contribution in [-0.4, -0.2) is 39.1 Å². The Morgan fingerprint density at radius 2 is 1.76 bits per heavy atom. The first-order chi connectivity index (χ1) is 14.0. The first-order valence-corrected chi connectivity index (χ1v) is 10.1. The summed E-state index contributed by atoms with van der Waals surface area (Å²) in [6.07, 6.45) is 8.04. The smallest absolute Gasteiger partial charge is 0.222 e. The van der Waals surface area contributed by atoms with Crippen LogP contribution in [0.4, 0.5) is 8.78 Å². The van der Waals surface area contributed by atoms with Gasteiger partial charge in [0.1, 0.15) is 17.4 Å². The van der Waals surface area contributed by atoms with E-state index in [0.717, 1.165) is 44.7 Å². The fourth-order valence-corrected chi connectivity index (χ4v) is 4.38. The van der Waals surface area contributed by atoms with Crippen LogP contribution < -0.4 is 0 Å². The number of aromatic nitrogens is 2. The Hall–Kier alpha value is -2.70. The molecule has 29 heavy (non-hydrogen) atoms. The average Bonchev–Trinajstić information content (AvgIpc) is 3.14. The van der Waals surface area contributed by atoms with Crippen LogP contribution in [0.15, 0.2) is 30.6 Å². The van der Waals surface area contributed by atoms with Gasteiger partial charge in [-0.3, -0.25) is 19.6 Å². The van der Waals surface area contributed by atoms with Gasteiger partial charge in [0.25, 0.3) is 0 Å². The molecule has 0 atom stereocenters. The molecule has 7 heteroatoms. The minimum absolute atomic E-state index is 0.0113. The van der Waals surface area contributed by atoms with Crippen LogP contribution in [0.5, 0.6) is 0 Å². The van der Waals surface area contributed by atoms with Crippen molar-refractivity contribution in [1.82, 2.24) is 14.9 Å². The lowest BCUT2D eigenvalue weighted by Crippen LogP contribution is -2.40. The van der Waals surface area contributed by atoms with Crippen LogP contribution in [0.1, 0.15) is 44.2 Å². The maximum absolute atomic E-state index is 13.4. The third kappa shape index (κ3) is 4.49. The number of benzene rings is 1. The Morgan fingerprint density at radius 1 is 1.03 bits per heavy atom. The van der Waals surface area contributed by atoms with E-state index in [1.165, 1.54) is 24.5 Å². The number of ketones is 1. The predicted octanol–water partition coefficient (Wildman–Crippen LogP) is 3.71. The number of nitrogens with zero attached hydrogens (tertiary/aromatic N) is 3. The number of Topliss-reactive ketones (excluding diaryl/α,β-unsaturated/α-hetero) is 1. The number of likely N-dealkylation sites (tertiary alicyclic amines) is 1. The Morgan fingerprint density at radius 3 is 2.34 bits per heavy atom. The maximum atomic E-state index is 13.4. The molecular formula is C22H23F2N3O2. The molecule has 0 radical (unpaired) electrons. The third-order valence-electron chi connectivity index (χ3n) is 5.92. The molecule has 0 unspecified atom stereocenters. The fraction of sp³-hybridized carbons (Fsp3) is 0.455. The predicted molar refractivity (Wildman–Crippen MR) is 103 cm³/mol. The SMILES string of the molecule is O=C(Cc1cnc(-c2cc(F)cc(F)c2)cn1)C1CCC(N2CCCC2=O)CC1. The highest BCUT2D eigenvalue weighted by atomic mass is 19.1. The van der Waals surface area contributed by atoms with Gasteiger partial charge in [0.15, 0.2) is 0 Å². The molecule has 1 aromatic heterocycles. The monoisotopic (exact) mass is 399 g/mol. The van der Waals surface area contributed by atoms with Crippen LogP contribution in [0.25, 0.3) is 11.3 Å². The van der Waals surface area contributed by atoms with Gasteiger partial charge in [-0.05, 0) is 44.2 Å². The molecule has 2 aromatic rings. The Bertz CT molecular complexity index is 889. The van der Waals surface area contributed by atoms with Gasteiger partial charge in [-0.1, -0.05) is 0 Å². The summed E-state index contributed by atoms with van der Waals surface area (Å²) in [5, 5.41) is 0. The molecule has 152 valence electrons. The molecule has 0 N–H and O–H groups in total. The first-order valence-electron chi connectivity index (χ1n) is 10.1. The topological polar surface area (TPSA) is 63.2 Å². The number of hydrogen-bond donors (Lipinski definition) is 0. The Balaban J connectivity index is 1.33. The molecule has 2 heterocycles. The maximum Gasteiger partial charge on any atom is 0.222 e. The standard InChI is InChI=1S/C22H23F2N3O2/c23-16-8-15(9-17(24)10-16)20-13-25-18(12-26-20)11-21(28)14-3-5-19(6-4-14)27-7-1-2-22(27)29/h8-10,12-14,19H,1-7,11H2.